The summed E-state index contributed by atoms with van der Waals surface area (Å²) in [6, 6.07) is 6.14. The minimum Gasteiger partial charge on any atom is -0.352 e. The predicted octanol–water partition coefficient (Wildman–Crippen LogP) is 1.11. The van der Waals surface area contributed by atoms with E-state index in [1.807, 2.05) is 6.92 Å². The van der Waals surface area contributed by atoms with Crippen molar-refractivity contribution in [2.45, 2.75) is 26.3 Å². The number of amides is 2. The van der Waals surface area contributed by atoms with Crippen molar-refractivity contribution in [3.8, 4) is 0 Å². The molecule has 5 nitrogen and oxygen atoms in total. The highest BCUT2D eigenvalue weighted by Gasteiger charge is 2.08. The molecular weight excluding hydrogens is 230 g/mol. The fourth-order valence-electron chi connectivity index (χ4n) is 1.30. The summed E-state index contributed by atoms with van der Waals surface area (Å²) < 4.78 is 0. The lowest BCUT2D eigenvalue weighted by Gasteiger charge is -2.08. The molecule has 2 amide bonds. The molecule has 1 rings (SSSR count). The maximum atomic E-state index is 11.6. The predicted molar refractivity (Wildman–Crippen MR) is 71.3 cm³/mol. The Hall–Kier alpha value is -1.88. The molecule has 4 N–H and O–H groups in total. The number of carbonyl (C=O) groups excluding carboxylic acids is 2. The van der Waals surface area contributed by atoms with E-state index in [2.05, 4.69) is 10.6 Å². The third kappa shape index (κ3) is 4.18. The zero-order valence-corrected chi connectivity index (χ0v) is 10.7. The van der Waals surface area contributed by atoms with Crippen LogP contribution in [0.4, 0.5) is 5.69 Å². The molecule has 0 heterocycles. The summed E-state index contributed by atoms with van der Waals surface area (Å²) >= 11 is 0. The molecule has 0 fully saturated rings. The van der Waals surface area contributed by atoms with Gasteiger partial charge in [-0.25, -0.2) is 0 Å². The highest BCUT2D eigenvalue weighted by Crippen LogP contribution is 2.09. The molecule has 0 aromatic heterocycles. The third-order valence-electron chi connectivity index (χ3n) is 2.36. The van der Waals surface area contributed by atoms with Crippen LogP contribution in [0, 0.1) is 0 Å². The van der Waals surface area contributed by atoms with Gasteiger partial charge in [0, 0.05) is 17.8 Å². The van der Waals surface area contributed by atoms with Crippen LogP contribution in [-0.2, 0) is 4.79 Å². The third-order valence-corrected chi connectivity index (χ3v) is 2.36. The summed E-state index contributed by atoms with van der Waals surface area (Å²) in [5, 5.41) is 5.44. The van der Waals surface area contributed by atoms with E-state index < -0.39 is 6.04 Å². The van der Waals surface area contributed by atoms with E-state index in [9.17, 15) is 9.59 Å². The lowest BCUT2D eigenvalue weighted by Crippen LogP contribution is -2.32. The van der Waals surface area contributed by atoms with E-state index in [4.69, 9.17) is 5.73 Å². The number of nitrogens with one attached hydrogen (secondary N) is 2. The van der Waals surface area contributed by atoms with E-state index in [0.717, 1.165) is 6.42 Å². The molecule has 5 heteroatoms. The molecule has 0 aliphatic rings. The Morgan fingerprint density at radius 1 is 1.28 bits per heavy atom. The van der Waals surface area contributed by atoms with Crippen molar-refractivity contribution in [3.63, 3.8) is 0 Å². The maximum Gasteiger partial charge on any atom is 0.251 e. The average molecular weight is 249 g/mol. The highest BCUT2D eigenvalue weighted by molar-refractivity contribution is 5.96. The Balaban J connectivity index is 2.62. The number of anilines is 1. The minimum absolute atomic E-state index is 0.109. The summed E-state index contributed by atoms with van der Waals surface area (Å²) in [7, 11) is 0. The van der Waals surface area contributed by atoms with Gasteiger partial charge in [-0.15, -0.1) is 0 Å². The number of hydrogen-bond donors (Lipinski definition) is 3. The Labute approximate surface area is 107 Å². The van der Waals surface area contributed by atoms with Crippen LogP contribution in [-0.4, -0.2) is 24.4 Å². The smallest absolute Gasteiger partial charge is 0.251 e. The van der Waals surface area contributed by atoms with Gasteiger partial charge in [0.15, 0.2) is 0 Å². The first kappa shape index (κ1) is 14.2. The molecule has 0 saturated carbocycles. The van der Waals surface area contributed by atoms with E-state index >= 15 is 0 Å². The van der Waals surface area contributed by atoms with Crippen LogP contribution in [0.1, 0.15) is 30.6 Å². The quantitative estimate of drug-likeness (QED) is 0.731. The number of benzene rings is 1. The van der Waals surface area contributed by atoms with Gasteiger partial charge < -0.3 is 16.4 Å². The van der Waals surface area contributed by atoms with Gasteiger partial charge in [0.1, 0.15) is 0 Å². The normalized spacial score (nSPS) is 11.7. The summed E-state index contributed by atoms with van der Waals surface area (Å²) in [4.78, 5) is 23.0. The van der Waals surface area contributed by atoms with Gasteiger partial charge in [0.25, 0.3) is 5.91 Å². The Kier molecular flexibility index (Phi) is 5.32. The average Bonchev–Trinajstić information content (AvgIpc) is 2.36. The number of hydrogen-bond acceptors (Lipinski definition) is 3. The Morgan fingerprint density at radius 2 is 1.89 bits per heavy atom. The summed E-state index contributed by atoms with van der Waals surface area (Å²) in [5.74, 6) is -0.361. The Bertz CT molecular complexity index is 413. The fourth-order valence-corrected chi connectivity index (χ4v) is 1.30. The van der Waals surface area contributed by atoms with Crippen molar-refractivity contribution in [2.75, 3.05) is 11.9 Å². The molecule has 1 atom stereocenters. The van der Waals surface area contributed by atoms with Crippen molar-refractivity contribution in [2.24, 2.45) is 5.73 Å². The minimum atomic E-state index is -0.558. The van der Waals surface area contributed by atoms with E-state index in [-0.39, 0.29) is 11.8 Å². The monoisotopic (exact) mass is 249 g/mol. The van der Waals surface area contributed by atoms with Crippen molar-refractivity contribution in [1.82, 2.24) is 5.32 Å². The Morgan fingerprint density at radius 3 is 2.39 bits per heavy atom. The van der Waals surface area contributed by atoms with Crippen LogP contribution in [0.25, 0.3) is 0 Å². The standard InChI is InChI=1S/C13H19N3O2/c1-3-8-15-13(18)10-4-6-11(7-5-10)16-12(17)9(2)14/h4-7,9H,3,8,14H2,1-2H3,(H,15,18)(H,16,17). The zero-order valence-electron chi connectivity index (χ0n) is 10.7. The maximum absolute atomic E-state index is 11.6. The lowest BCUT2D eigenvalue weighted by atomic mass is 10.2. The summed E-state index contributed by atoms with van der Waals surface area (Å²) in [5.41, 5.74) is 6.64. The van der Waals surface area contributed by atoms with Gasteiger partial charge in [-0.05, 0) is 37.6 Å². The van der Waals surface area contributed by atoms with Crippen LogP contribution < -0.4 is 16.4 Å². The summed E-state index contributed by atoms with van der Waals surface area (Å²) in [6.45, 7) is 4.26. The topological polar surface area (TPSA) is 84.2 Å². The van der Waals surface area contributed by atoms with Crippen molar-refractivity contribution < 1.29 is 9.59 Å². The first-order valence-corrected chi connectivity index (χ1v) is 5.99. The van der Waals surface area contributed by atoms with Crippen molar-refractivity contribution in [3.05, 3.63) is 29.8 Å². The van der Waals surface area contributed by atoms with E-state index in [1.165, 1.54) is 0 Å². The number of rotatable bonds is 5. The van der Waals surface area contributed by atoms with E-state index in [0.29, 0.717) is 17.8 Å². The molecule has 18 heavy (non-hydrogen) atoms. The molecule has 1 unspecified atom stereocenters. The number of nitrogens with two attached hydrogens (primary N) is 1. The first-order valence-electron chi connectivity index (χ1n) is 5.99. The van der Waals surface area contributed by atoms with Crippen LogP contribution >= 0.6 is 0 Å². The summed E-state index contributed by atoms with van der Waals surface area (Å²) in [6.07, 6.45) is 0.897. The molecule has 1 aromatic rings. The molecule has 0 saturated heterocycles. The number of carbonyl (C=O) groups is 2. The van der Waals surface area contributed by atoms with Crippen LogP contribution in [0.2, 0.25) is 0 Å². The van der Waals surface area contributed by atoms with Gasteiger partial charge in [0.05, 0.1) is 6.04 Å². The molecule has 98 valence electrons. The molecule has 0 radical (unpaired) electrons. The molecule has 1 aromatic carbocycles. The van der Waals surface area contributed by atoms with Crippen LogP contribution in [0.15, 0.2) is 24.3 Å². The zero-order chi connectivity index (χ0) is 13.5. The molecule has 0 spiro atoms. The van der Waals surface area contributed by atoms with Gasteiger partial charge in [-0.1, -0.05) is 6.92 Å². The molecule has 0 aliphatic carbocycles. The highest BCUT2D eigenvalue weighted by atomic mass is 16.2. The molecular formula is C13H19N3O2. The largest absolute Gasteiger partial charge is 0.352 e. The molecule has 0 aliphatic heterocycles. The lowest BCUT2D eigenvalue weighted by molar-refractivity contribution is -0.117. The second kappa shape index (κ2) is 6.76. The van der Waals surface area contributed by atoms with Gasteiger partial charge in [0.2, 0.25) is 5.91 Å². The molecule has 0 bridgehead atoms. The second-order valence-electron chi connectivity index (χ2n) is 4.11. The van der Waals surface area contributed by atoms with Gasteiger partial charge in [-0.3, -0.25) is 9.59 Å². The van der Waals surface area contributed by atoms with Gasteiger partial charge >= 0.3 is 0 Å². The second-order valence-corrected chi connectivity index (χ2v) is 4.11. The van der Waals surface area contributed by atoms with Crippen LogP contribution in [0.3, 0.4) is 0 Å². The van der Waals surface area contributed by atoms with E-state index in [1.54, 1.807) is 31.2 Å². The van der Waals surface area contributed by atoms with Gasteiger partial charge in [-0.2, -0.15) is 0 Å². The SMILES string of the molecule is CCCNC(=O)c1ccc(NC(=O)C(C)N)cc1. The van der Waals surface area contributed by atoms with Crippen LogP contribution in [0.5, 0.6) is 0 Å². The van der Waals surface area contributed by atoms with Crippen molar-refractivity contribution >= 4 is 17.5 Å². The first-order chi connectivity index (χ1) is 8.54. The van der Waals surface area contributed by atoms with Crippen molar-refractivity contribution in [1.29, 1.82) is 0 Å². The fraction of sp³-hybridized carbons (Fsp3) is 0.385.